The van der Waals surface area contributed by atoms with Crippen LogP contribution in [-0.4, -0.2) is 24.5 Å². The molecule has 0 aliphatic carbocycles. The van der Waals surface area contributed by atoms with Crippen LogP contribution in [0.2, 0.25) is 5.02 Å². The Bertz CT molecular complexity index is 604. The van der Waals surface area contributed by atoms with Crippen molar-refractivity contribution in [1.29, 1.82) is 0 Å². The van der Waals surface area contributed by atoms with Gasteiger partial charge in [0.25, 0.3) is 0 Å². The Balaban J connectivity index is 0.00000242. The van der Waals surface area contributed by atoms with Gasteiger partial charge in [-0.3, -0.25) is 4.79 Å². The predicted molar refractivity (Wildman–Crippen MR) is 95.4 cm³/mol. The van der Waals surface area contributed by atoms with Gasteiger partial charge >= 0.3 is 0 Å². The number of nitrogens with one attached hydrogen (secondary N) is 2. The maximum Gasteiger partial charge on any atom is 0.226 e. The second kappa shape index (κ2) is 9.79. The van der Waals surface area contributed by atoms with Gasteiger partial charge in [0.2, 0.25) is 5.91 Å². The van der Waals surface area contributed by atoms with Gasteiger partial charge in [0.15, 0.2) is 5.13 Å². The zero-order valence-electron chi connectivity index (χ0n) is 12.3. The third kappa shape index (κ3) is 5.93. The highest BCUT2D eigenvalue weighted by Gasteiger charge is 2.08. The molecule has 0 saturated heterocycles. The van der Waals surface area contributed by atoms with Gasteiger partial charge in [-0.25, -0.2) is 4.98 Å². The van der Waals surface area contributed by atoms with Crippen molar-refractivity contribution in [2.45, 2.75) is 19.3 Å². The molecule has 0 fully saturated rings. The van der Waals surface area contributed by atoms with Crippen molar-refractivity contribution in [3.63, 3.8) is 0 Å². The number of thiazole rings is 1. The van der Waals surface area contributed by atoms with E-state index in [0.717, 1.165) is 34.8 Å². The van der Waals surface area contributed by atoms with Gasteiger partial charge in [-0.2, -0.15) is 0 Å². The van der Waals surface area contributed by atoms with Crippen molar-refractivity contribution in [3.05, 3.63) is 45.9 Å². The monoisotopic (exact) mass is 359 g/mol. The van der Waals surface area contributed by atoms with E-state index in [-0.39, 0.29) is 18.3 Å². The zero-order valence-corrected chi connectivity index (χ0v) is 14.7. The number of anilines is 1. The number of carbonyl (C=O) groups is 1. The van der Waals surface area contributed by atoms with Gasteiger partial charge in [0.05, 0.1) is 0 Å². The summed E-state index contributed by atoms with van der Waals surface area (Å²) >= 11 is 7.63. The molecule has 2 aromatic rings. The minimum absolute atomic E-state index is 0. The fourth-order valence-electron chi connectivity index (χ4n) is 1.88. The quantitative estimate of drug-likeness (QED) is 0.740. The summed E-state index contributed by atoms with van der Waals surface area (Å²) in [6.45, 7) is 0.836. The van der Waals surface area contributed by atoms with E-state index in [1.54, 1.807) is 6.20 Å². The number of hydrogen-bond donors (Lipinski definition) is 2. The molecule has 0 aliphatic heterocycles. The van der Waals surface area contributed by atoms with Gasteiger partial charge in [0.1, 0.15) is 0 Å². The highest BCUT2D eigenvalue weighted by molar-refractivity contribution is 7.15. The Morgan fingerprint density at radius 3 is 2.86 bits per heavy atom. The molecule has 4 nitrogen and oxygen atoms in total. The first kappa shape index (κ1) is 18.9. The molecule has 7 heteroatoms. The van der Waals surface area contributed by atoms with Crippen molar-refractivity contribution in [3.8, 4) is 0 Å². The Hall–Kier alpha value is -1.14. The molecular weight excluding hydrogens is 341 g/mol. The van der Waals surface area contributed by atoms with Gasteiger partial charge in [-0.1, -0.05) is 29.8 Å². The summed E-state index contributed by atoms with van der Waals surface area (Å²) in [6.07, 6.45) is 3.84. The smallest absolute Gasteiger partial charge is 0.226 e. The van der Waals surface area contributed by atoms with E-state index in [1.165, 1.54) is 11.3 Å². The van der Waals surface area contributed by atoms with Crippen LogP contribution < -0.4 is 10.6 Å². The predicted octanol–water partition coefficient (Wildman–Crippen LogP) is 3.75. The fourth-order valence-corrected chi connectivity index (χ4v) is 2.94. The average molecular weight is 360 g/mol. The summed E-state index contributed by atoms with van der Waals surface area (Å²) in [6, 6.07) is 7.75. The third-order valence-electron chi connectivity index (χ3n) is 2.95. The average Bonchev–Trinajstić information content (AvgIpc) is 2.89. The van der Waals surface area contributed by atoms with Gasteiger partial charge in [0, 0.05) is 28.9 Å². The van der Waals surface area contributed by atoms with E-state index in [2.05, 4.69) is 15.6 Å². The van der Waals surface area contributed by atoms with Crippen LogP contribution in [0.3, 0.4) is 0 Å². The molecule has 0 aliphatic rings. The van der Waals surface area contributed by atoms with Gasteiger partial charge < -0.3 is 10.6 Å². The lowest BCUT2D eigenvalue weighted by molar-refractivity contribution is -0.116. The first-order valence-electron chi connectivity index (χ1n) is 6.81. The van der Waals surface area contributed by atoms with Crippen LogP contribution in [0.25, 0.3) is 0 Å². The topological polar surface area (TPSA) is 54.0 Å². The minimum Gasteiger partial charge on any atom is -0.320 e. The summed E-state index contributed by atoms with van der Waals surface area (Å²) in [5, 5.41) is 7.25. The second-order valence-corrected chi connectivity index (χ2v) is 6.18. The molecule has 0 bridgehead atoms. The molecule has 2 rings (SSSR count). The van der Waals surface area contributed by atoms with E-state index in [1.807, 2.05) is 31.3 Å². The Morgan fingerprint density at radius 1 is 1.36 bits per heavy atom. The number of nitrogens with zero attached hydrogens (tertiary/aromatic N) is 1. The molecule has 1 heterocycles. The first-order chi connectivity index (χ1) is 10.2. The molecule has 1 aromatic carbocycles. The standard InChI is InChI=1S/C15H18ClN3OS.ClH/c1-17-8-4-7-14(20)19-15-18-10-12(21-15)9-11-5-2-3-6-13(11)16;/h2-3,5-6,10,17H,4,7-9H2,1H3,(H,18,19,20);1H. The maximum absolute atomic E-state index is 11.7. The van der Waals surface area contributed by atoms with Crippen LogP contribution in [0.15, 0.2) is 30.5 Å². The molecule has 1 amide bonds. The number of hydrogen-bond acceptors (Lipinski definition) is 4. The molecule has 120 valence electrons. The molecule has 0 spiro atoms. The largest absolute Gasteiger partial charge is 0.320 e. The summed E-state index contributed by atoms with van der Waals surface area (Å²) in [7, 11) is 1.87. The van der Waals surface area contributed by atoms with Crippen LogP contribution in [-0.2, 0) is 11.2 Å². The first-order valence-corrected chi connectivity index (χ1v) is 8.01. The lowest BCUT2D eigenvalue weighted by atomic mass is 10.1. The van der Waals surface area contributed by atoms with E-state index in [4.69, 9.17) is 11.6 Å². The molecular formula is C15H19Cl2N3OS. The van der Waals surface area contributed by atoms with E-state index in [0.29, 0.717) is 11.6 Å². The Labute approximate surface area is 145 Å². The van der Waals surface area contributed by atoms with Crippen molar-refractivity contribution >= 4 is 46.4 Å². The lowest BCUT2D eigenvalue weighted by Gasteiger charge is -2.02. The van der Waals surface area contributed by atoms with Crippen molar-refractivity contribution in [2.24, 2.45) is 0 Å². The summed E-state index contributed by atoms with van der Waals surface area (Å²) in [5.74, 6) is 0.00361. The van der Waals surface area contributed by atoms with Gasteiger partial charge in [-0.05, 0) is 31.6 Å². The third-order valence-corrected chi connectivity index (χ3v) is 4.23. The molecule has 22 heavy (non-hydrogen) atoms. The molecule has 0 unspecified atom stereocenters. The molecule has 0 atom stereocenters. The van der Waals surface area contributed by atoms with E-state index >= 15 is 0 Å². The second-order valence-electron chi connectivity index (χ2n) is 4.66. The Morgan fingerprint density at radius 2 is 2.14 bits per heavy atom. The van der Waals surface area contributed by atoms with Crippen molar-refractivity contribution in [1.82, 2.24) is 10.3 Å². The van der Waals surface area contributed by atoms with Crippen LogP contribution in [0.4, 0.5) is 5.13 Å². The minimum atomic E-state index is 0. The van der Waals surface area contributed by atoms with Crippen molar-refractivity contribution < 1.29 is 4.79 Å². The van der Waals surface area contributed by atoms with Crippen LogP contribution >= 0.6 is 35.3 Å². The highest BCUT2D eigenvalue weighted by Crippen LogP contribution is 2.24. The summed E-state index contributed by atoms with van der Waals surface area (Å²) in [4.78, 5) is 17.0. The number of amides is 1. The fraction of sp³-hybridized carbons (Fsp3) is 0.333. The molecule has 0 saturated carbocycles. The number of benzene rings is 1. The molecule has 0 radical (unpaired) electrons. The molecule has 1 aromatic heterocycles. The number of halogens is 2. The number of rotatable bonds is 7. The number of carbonyl (C=O) groups excluding carboxylic acids is 1. The Kier molecular flexibility index (Phi) is 8.42. The normalized spacial score (nSPS) is 10.1. The van der Waals surface area contributed by atoms with Crippen LogP contribution in [0.5, 0.6) is 0 Å². The summed E-state index contributed by atoms with van der Waals surface area (Å²) in [5.41, 5.74) is 1.06. The van der Waals surface area contributed by atoms with Gasteiger partial charge in [-0.15, -0.1) is 23.7 Å². The highest BCUT2D eigenvalue weighted by atomic mass is 35.5. The van der Waals surface area contributed by atoms with Crippen molar-refractivity contribution in [2.75, 3.05) is 18.9 Å². The lowest BCUT2D eigenvalue weighted by Crippen LogP contribution is -2.14. The van der Waals surface area contributed by atoms with Crippen LogP contribution in [0.1, 0.15) is 23.3 Å². The van der Waals surface area contributed by atoms with E-state index < -0.39 is 0 Å². The van der Waals surface area contributed by atoms with E-state index in [9.17, 15) is 4.79 Å². The summed E-state index contributed by atoms with van der Waals surface area (Å²) < 4.78 is 0. The maximum atomic E-state index is 11.7. The van der Waals surface area contributed by atoms with Crippen LogP contribution in [0, 0.1) is 0 Å². The number of aromatic nitrogens is 1. The SMILES string of the molecule is CNCCCC(=O)Nc1ncc(Cc2ccccc2Cl)s1.Cl. The molecule has 2 N–H and O–H groups in total. The zero-order chi connectivity index (χ0) is 15.1.